The molecule has 3 aliphatic heterocycles. The number of ether oxygens (including phenoxy) is 2. The molecule has 206 valence electrons. The van der Waals surface area contributed by atoms with Gasteiger partial charge in [-0.2, -0.15) is 18.2 Å². The third-order valence-corrected chi connectivity index (χ3v) is 7.35. The average Bonchev–Trinajstić information content (AvgIpc) is 3.24. The van der Waals surface area contributed by atoms with Crippen LogP contribution in [0.25, 0.3) is 11.1 Å². The van der Waals surface area contributed by atoms with Crippen molar-refractivity contribution in [2.45, 2.75) is 39.0 Å². The van der Waals surface area contributed by atoms with Crippen molar-refractivity contribution in [3.8, 4) is 17.0 Å². The number of hydrogen-bond donors (Lipinski definition) is 2. The molecule has 2 amide bonds. The second-order valence-corrected chi connectivity index (χ2v) is 10.9. The zero-order chi connectivity index (χ0) is 27.1. The summed E-state index contributed by atoms with van der Waals surface area (Å²) >= 11 is 0. The van der Waals surface area contributed by atoms with E-state index in [9.17, 15) is 23.1 Å². The third-order valence-electron chi connectivity index (χ3n) is 7.35. The molecule has 3 fully saturated rings. The van der Waals surface area contributed by atoms with Crippen LogP contribution in [-0.4, -0.2) is 79.3 Å². The molecular formula is C27H33F3N4O4. The number of aliphatic hydroxyl groups excluding tert-OH is 1. The molecule has 3 saturated heterocycles. The SMILES string of the molecule is Cc1ccc(NC(=O)N2CC[C@@H](CC(F)(F)F)C2)cc1-c1cc(OC[C@@H](C)O)nc(N2CC3(COC3)C2)c1. The van der Waals surface area contributed by atoms with Crippen LogP contribution in [0.15, 0.2) is 30.3 Å². The van der Waals surface area contributed by atoms with E-state index in [1.807, 2.05) is 31.2 Å². The molecular weight excluding hydrogens is 501 g/mol. The number of aryl methyl sites for hydroxylation is 1. The van der Waals surface area contributed by atoms with Crippen molar-refractivity contribution in [1.29, 1.82) is 0 Å². The van der Waals surface area contributed by atoms with Crippen LogP contribution in [0.2, 0.25) is 0 Å². The Morgan fingerprint density at radius 1 is 1.29 bits per heavy atom. The molecule has 1 aromatic carbocycles. The minimum absolute atomic E-state index is 0.0874. The lowest BCUT2D eigenvalue weighted by Crippen LogP contribution is -2.66. The van der Waals surface area contributed by atoms with Crippen LogP contribution in [0.1, 0.15) is 25.3 Å². The molecule has 2 N–H and O–H groups in total. The second-order valence-electron chi connectivity index (χ2n) is 10.9. The number of carbonyl (C=O) groups is 1. The van der Waals surface area contributed by atoms with Crippen LogP contribution in [0, 0.1) is 18.3 Å². The first-order chi connectivity index (χ1) is 18.0. The van der Waals surface area contributed by atoms with Crippen LogP contribution < -0.4 is 15.0 Å². The van der Waals surface area contributed by atoms with Gasteiger partial charge in [0.15, 0.2) is 0 Å². The van der Waals surface area contributed by atoms with E-state index in [1.165, 1.54) is 4.90 Å². The topological polar surface area (TPSA) is 87.2 Å². The van der Waals surface area contributed by atoms with Gasteiger partial charge in [0.25, 0.3) is 0 Å². The lowest BCUT2D eigenvalue weighted by Gasteiger charge is -2.55. The fourth-order valence-electron chi connectivity index (χ4n) is 5.31. The number of likely N-dealkylation sites (tertiary alicyclic amines) is 1. The van der Waals surface area contributed by atoms with Crippen molar-refractivity contribution in [2.24, 2.45) is 11.3 Å². The van der Waals surface area contributed by atoms with Crippen LogP contribution in [0.4, 0.5) is 29.5 Å². The summed E-state index contributed by atoms with van der Waals surface area (Å²) in [6.07, 6.45) is -5.41. The zero-order valence-electron chi connectivity index (χ0n) is 21.6. The Bertz CT molecular complexity index is 1180. The molecule has 5 rings (SSSR count). The summed E-state index contributed by atoms with van der Waals surface area (Å²) in [6, 6.07) is 8.91. The van der Waals surface area contributed by atoms with Gasteiger partial charge in [0, 0.05) is 44.4 Å². The van der Waals surface area contributed by atoms with Gasteiger partial charge in [-0.05, 0) is 61.1 Å². The first kappa shape index (κ1) is 26.6. The Morgan fingerprint density at radius 3 is 2.71 bits per heavy atom. The van der Waals surface area contributed by atoms with E-state index in [0.717, 1.165) is 48.8 Å². The van der Waals surface area contributed by atoms with Crippen LogP contribution in [0.3, 0.4) is 0 Å². The highest BCUT2D eigenvalue weighted by molar-refractivity contribution is 5.90. The molecule has 4 heterocycles. The number of nitrogens with zero attached hydrogens (tertiary/aromatic N) is 3. The summed E-state index contributed by atoms with van der Waals surface area (Å²) in [6.45, 7) is 7.29. The summed E-state index contributed by atoms with van der Waals surface area (Å²) in [5.41, 5.74) is 3.44. The van der Waals surface area contributed by atoms with Crippen molar-refractivity contribution in [3.63, 3.8) is 0 Å². The molecule has 0 unspecified atom stereocenters. The van der Waals surface area contributed by atoms with Crippen LogP contribution >= 0.6 is 0 Å². The number of pyridine rings is 1. The molecule has 0 aliphatic carbocycles. The van der Waals surface area contributed by atoms with Gasteiger partial charge in [0.2, 0.25) is 5.88 Å². The molecule has 0 saturated carbocycles. The van der Waals surface area contributed by atoms with Crippen molar-refractivity contribution in [1.82, 2.24) is 9.88 Å². The predicted octanol–water partition coefficient (Wildman–Crippen LogP) is 4.46. The summed E-state index contributed by atoms with van der Waals surface area (Å²) < 4.78 is 49.4. The number of aliphatic hydroxyl groups is 1. The summed E-state index contributed by atoms with van der Waals surface area (Å²) in [7, 11) is 0. The first-order valence-corrected chi connectivity index (χ1v) is 12.9. The van der Waals surface area contributed by atoms with Gasteiger partial charge in [-0.25, -0.2) is 4.79 Å². The fraction of sp³-hybridized carbons (Fsp3) is 0.556. The number of anilines is 2. The smallest absolute Gasteiger partial charge is 0.389 e. The van der Waals surface area contributed by atoms with E-state index in [0.29, 0.717) is 24.5 Å². The quantitative estimate of drug-likeness (QED) is 0.546. The number of amides is 2. The van der Waals surface area contributed by atoms with E-state index in [1.54, 1.807) is 13.0 Å². The van der Waals surface area contributed by atoms with Gasteiger partial charge in [-0.15, -0.1) is 0 Å². The number of halogens is 3. The minimum Gasteiger partial charge on any atom is -0.475 e. The molecule has 1 spiro atoms. The molecule has 2 aromatic rings. The maximum atomic E-state index is 12.8. The molecule has 0 bridgehead atoms. The molecule has 1 aromatic heterocycles. The monoisotopic (exact) mass is 534 g/mol. The largest absolute Gasteiger partial charge is 0.475 e. The standard InChI is InChI=1S/C27H33F3N4O4/c1-17-3-4-21(31-25(36)33-6-5-19(11-33)10-27(28,29)30)9-22(17)20-7-23(32-24(8-20)38-12-18(2)35)34-13-26(14-34)15-37-16-26/h3-4,7-9,18-19,35H,5-6,10-16H2,1-2H3,(H,31,36)/t18-,19+/m1/s1. The number of nitrogens with one attached hydrogen (secondary N) is 1. The summed E-state index contributed by atoms with van der Waals surface area (Å²) in [5, 5.41) is 12.5. The predicted molar refractivity (Wildman–Crippen MR) is 136 cm³/mol. The van der Waals surface area contributed by atoms with Crippen molar-refractivity contribution in [2.75, 3.05) is 56.2 Å². The second kappa shape index (κ2) is 10.3. The normalized spacial score (nSPS) is 21.2. The number of carbonyl (C=O) groups excluding carboxylic acids is 1. The average molecular weight is 535 g/mol. The van der Waals surface area contributed by atoms with Gasteiger partial charge < -0.3 is 29.7 Å². The third kappa shape index (κ3) is 5.99. The first-order valence-electron chi connectivity index (χ1n) is 12.9. The molecule has 2 atom stereocenters. The van der Waals surface area contributed by atoms with Gasteiger partial charge in [-0.3, -0.25) is 0 Å². The van der Waals surface area contributed by atoms with E-state index in [2.05, 4.69) is 15.2 Å². The number of rotatable bonds is 7. The number of aromatic nitrogens is 1. The lowest BCUT2D eigenvalue weighted by atomic mass is 9.78. The highest BCUT2D eigenvalue weighted by Gasteiger charge is 2.49. The molecule has 11 heteroatoms. The van der Waals surface area contributed by atoms with Gasteiger partial charge >= 0.3 is 12.2 Å². The number of alkyl halides is 3. The maximum Gasteiger partial charge on any atom is 0.389 e. The molecule has 8 nitrogen and oxygen atoms in total. The van der Waals surface area contributed by atoms with Crippen molar-refractivity contribution >= 4 is 17.5 Å². The maximum absolute atomic E-state index is 12.8. The van der Waals surface area contributed by atoms with Gasteiger partial charge in [-0.1, -0.05) is 6.07 Å². The van der Waals surface area contributed by atoms with Crippen molar-refractivity contribution < 1.29 is 32.5 Å². The molecule has 0 radical (unpaired) electrons. The Balaban J connectivity index is 1.34. The van der Waals surface area contributed by atoms with Gasteiger partial charge in [0.05, 0.1) is 24.7 Å². The summed E-state index contributed by atoms with van der Waals surface area (Å²) in [4.78, 5) is 21.1. The van der Waals surface area contributed by atoms with Crippen LogP contribution in [-0.2, 0) is 4.74 Å². The Kier molecular flexibility index (Phi) is 7.17. The van der Waals surface area contributed by atoms with E-state index in [-0.39, 0.29) is 18.6 Å². The van der Waals surface area contributed by atoms with E-state index >= 15 is 0 Å². The number of hydrogen-bond acceptors (Lipinski definition) is 6. The Hall–Kier alpha value is -3.05. The van der Waals surface area contributed by atoms with Crippen molar-refractivity contribution in [3.05, 3.63) is 35.9 Å². The van der Waals surface area contributed by atoms with E-state index < -0.39 is 30.7 Å². The number of urea groups is 1. The Morgan fingerprint density at radius 2 is 2.05 bits per heavy atom. The summed E-state index contributed by atoms with van der Waals surface area (Å²) in [5.74, 6) is 0.588. The van der Waals surface area contributed by atoms with Gasteiger partial charge in [0.1, 0.15) is 12.4 Å². The fourth-order valence-corrected chi connectivity index (χ4v) is 5.31. The van der Waals surface area contributed by atoms with Crippen LogP contribution in [0.5, 0.6) is 5.88 Å². The zero-order valence-corrected chi connectivity index (χ0v) is 21.6. The highest BCUT2D eigenvalue weighted by atomic mass is 19.4. The minimum atomic E-state index is -4.23. The lowest BCUT2D eigenvalue weighted by molar-refractivity contribution is -0.143. The number of benzene rings is 1. The molecule has 38 heavy (non-hydrogen) atoms. The molecule has 3 aliphatic rings. The highest BCUT2D eigenvalue weighted by Crippen LogP contribution is 2.41. The van der Waals surface area contributed by atoms with E-state index in [4.69, 9.17) is 9.47 Å². The Labute approximate surface area is 219 Å².